The lowest BCUT2D eigenvalue weighted by Crippen LogP contribution is -2.13. The molecule has 0 heterocycles. The Morgan fingerprint density at radius 1 is 0.122 bits per heavy atom. The molecular formula is C125H96N6. The van der Waals surface area contributed by atoms with Crippen LogP contribution in [0.3, 0.4) is 0 Å². The summed E-state index contributed by atoms with van der Waals surface area (Å²) in [5.41, 5.74) is 29.1. The number of benzene rings is 22. The molecule has 626 valence electrons. The number of rotatable bonds is 20. The zero-order valence-corrected chi connectivity index (χ0v) is 73.4. The molecule has 22 rings (SSSR count). The third-order valence-corrected chi connectivity index (χ3v) is 24.9. The molecular weight excluding hydrogens is 1590 g/mol. The monoisotopic (exact) mass is 1680 g/mol. The first-order valence-electron chi connectivity index (χ1n) is 44.8. The van der Waals surface area contributed by atoms with Crippen LogP contribution in [0, 0.1) is 0 Å². The highest BCUT2D eigenvalue weighted by Crippen LogP contribution is 2.47. The first-order chi connectivity index (χ1) is 64.7. The van der Waals surface area contributed by atoms with Crippen molar-refractivity contribution in [3.05, 3.63) is 528 Å². The second-order valence-corrected chi connectivity index (χ2v) is 33.0. The van der Waals surface area contributed by atoms with Crippen LogP contribution in [-0.2, 0) is 0 Å². The van der Waals surface area contributed by atoms with E-state index in [-0.39, 0.29) is 0 Å². The maximum atomic E-state index is 2.38. The van der Waals surface area contributed by atoms with Gasteiger partial charge in [0.2, 0.25) is 0 Å². The summed E-state index contributed by atoms with van der Waals surface area (Å²) in [5, 5.41) is 12.3. The molecule has 22 aromatic rings. The van der Waals surface area contributed by atoms with Crippen molar-refractivity contribution in [1.29, 1.82) is 0 Å². The van der Waals surface area contributed by atoms with Crippen molar-refractivity contribution in [2.45, 2.75) is 0 Å². The molecule has 0 bridgehead atoms. The molecule has 0 saturated carbocycles. The Morgan fingerprint density at radius 2 is 0.328 bits per heavy atom. The fraction of sp³-hybridized carbons (Fsp3) is 0.0240. The molecule has 6 nitrogen and oxygen atoms in total. The summed E-state index contributed by atoms with van der Waals surface area (Å²) in [4.78, 5) is 13.9. The summed E-state index contributed by atoms with van der Waals surface area (Å²) in [6.45, 7) is 0. The fourth-order valence-corrected chi connectivity index (χ4v) is 18.1. The standard InChI is InChI=1S/C43H32N2.2C41H32N2/c1-44(43-40-22-9-6-16-34(40)29-35-17-7-10-23-41(35)43)36-25-27-37(28-26-36)45(42-24-12-18-32-15-5-8-21-39(32)42)38-20-11-19-33(30-38)31-13-3-2-4-14-31;1-42(38-21-10-19-34(29-38)31-13-4-2-5-14-31)36-25-27-37(28-26-36)43(41-24-12-18-33-17-8-9-23-40(33)41)39-22-11-20-35(30-39)32-15-6-3-7-16-32;1-42(36-24-22-33(23-25-36)31-12-4-2-5-13-31)37-26-28-38(29-27-37)43(41-21-11-17-34-16-8-9-20-40(34)41)39-19-10-18-35(30-39)32-14-6-3-7-15-32/h2-30H,1H3;2*2-30H,1H3. The second kappa shape index (κ2) is 38.0. The lowest BCUT2D eigenvalue weighted by atomic mass is 10.00. The van der Waals surface area contributed by atoms with Gasteiger partial charge in [-0.2, -0.15) is 0 Å². The summed E-state index contributed by atoms with van der Waals surface area (Å²) in [5.74, 6) is 0. The molecule has 0 aromatic heterocycles. The molecule has 0 N–H and O–H groups in total. The Labute approximate surface area is 767 Å². The third kappa shape index (κ3) is 17.7. The van der Waals surface area contributed by atoms with Gasteiger partial charge in [0.1, 0.15) is 0 Å². The average Bonchev–Trinajstić information content (AvgIpc) is 0.748. The van der Waals surface area contributed by atoms with Gasteiger partial charge in [0.25, 0.3) is 0 Å². The molecule has 22 aromatic carbocycles. The van der Waals surface area contributed by atoms with E-state index in [0.717, 1.165) is 79.6 Å². The van der Waals surface area contributed by atoms with Crippen molar-refractivity contribution in [3.63, 3.8) is 0 Å². The maximum Gasteiger partial charge on any atom is 0.0567 e. The summed E-state index contributed by atoms with van der Waals surface area (Å²) in [7, 11) is 6.43. The van der Waals surface area contributed by atoms with Gasteiger partial charge < -0.3 is 29.4 Å². The van der Waals surface area contributed by atoms with Crippen molar-refractivity contribution < 1.29 is 0 Å². The minimum atomic E-state index is 1.11. The molecule has 0 unspecified atom stereocenters. The zero-order chi connectivity index (χ0) is 88.2. The predicted molar refractivity (Wildman–Crippen MR) is 562 cm³/mol. The molecule has 0 spiro atoms. The van der Waals surface area contributed by atoms with Crippen LogP contribution < -0.4 is 29.4 Å². The Bertz CT molecular complexity index is 7620. The van der Waals surface area contributed by atoms with Crippen molar-refractivity contribution in [1.82, 2.24) is 0 Å². The van der Waals surface area contributed by atoms with E-state index in [4.69, 9.17) is 0 Å². The Balaban J connectivity index is 0.000000123. The average molecular weight is 1680 g/mol. The van der Waals surface area contributed by atoms with E-state index >= 15 is 0 Å². The maximum absolute atomic E-state index is 2.38. The van der Waals surface area contributed by atoms with E-state index in [0.29, 0.717) is 0 Å². The van der Waals surface area contributed by atoms with Gasteiger partial charge in [-0.3, -0.25) is 0 Å². The van der Waals surface area contributed by atoms with E-state index in [2.05, 4.69) is 578 Å². The van der Waals surface area contributed by atoms with Crippen LogP contribution >= 0.6 is 0 Å². The van der Waals surface area contributed by atoms with Crippen molar-refractivity contribution in [2.24, 2.45) is 0 Å². The highest BCUT2D eigenvalue weighted by Gasteiger charge is 2.23. The highest BCUT2D eigenvalue weighted by molar-refractivity contribution is 6.13. The summed E-state index contributed by atoms with van der Waals surface area (Å²) in [6.07, 6.45) is 0. The van der Waals surface area contributed by atoms with Crippen molar-refractivity contribution in [2.75, 3.05) is 50.5 Å². The fourth-order valence-electron chi connectivity index (χ4n) is 18.1. The molecule has 0 radical (unpaired) electrons. The van der Waals surface area contributed by atoms with E-state index in [1.54, 1.807) is 0 Å². The lowest BCUT2D eigenvalue weighted by Gasteiger charge is -2.28. The van der Waals surface area contributed by atoms with Crippen molar-refractivity contribution >= 4 is 139 Å². The topological polar surface area (TPSA) is 19.4 Å². The normalized spacial score (nSPS) is 11.0. The van der Waals surface area contributed by atoms with Gasteiger partial charge in [-0.1, -0.05) is 370 Å². The van der Waals surface area contributed by atoms with Crippen LogP contribution in [0.25, 0.3) is 109 Å². The zero-order valence-electron chi connectivity index (χ0n) is 73.4. The van der Waals surface area contributed by atoms with E-state index in [1.807, 2.05) is 0 Å². The Kier molecular flexibility index (Phi) is 23.9. The van der Waals surface area contributed by atoms with Crippen LogP contribution in [0.4, 0.5) is 85.3 Å². The lowest BCUT2D eigenvalue weighted by molar-refractivity contribution is 1.20. The quantitative estimate of drug-likeness (QED) is 0.0704. The van der Waals surface area contributed by atoms with Crippen LogP contribution in [-0.4, -0.2) is 21.1 Å². The molecule has 6 heteroatoms. The number of anilines is 15. The third-order valence-electron chi connectivity index (χ3n) is 24.9. The van der Waals surface area contributed by atoms with Gasteiger partial charge in [0.15, 0.2) is 0 Å². The summed E-state index contributed by atoms with van der Waals surface area (Å²) < 4.78 is 0. The summed E-state index contributed by atoms with van der Waals surface area (Å²) >= 11 is 0. The van der Waals surface area contributed by atoms with Crippen LogP contribution in [0.1, 0.15) is 0 Å². The SMILES string of the molecule is CN(c1ccc(-c2ccccc2)cc1)c1ccc(N(c2cccc(-c3ccccc3)c2)c2cccc3ccccc23)cc1.CN(c1ccc(N(c2cccc(-c3ccccc3)c2)c2cccc3ccccc23)cc1)c1c2ccccc2cc2ccccc12.CN(c1ccc(N(c2cccc(-c3ccccc3)c2)c2cccc3ccccc23)cc1)c1cccc(-c2ccccc2)c1. The molecule has 131 heavy (non-hydrogen) atoms. The highest BCUT2D eigenvalue weighted by atomic mass is 15.2. The number of nitrogens with zero attached hydrogens (tertiary/aromatic N) is 6. The molecule has 0 saturated heterocycles. The van der Waals surface area contributed by atoms with Crippen LogP contribution in [0.15, 0.2) is 528 Å². The minimum absolute atomic E-state index is 1.11. The first-order valence-corrected chi connectivity index (χ1v) is 44.8. The molecule has 0 aliphatic rings. The number of hydrogen-bond acceptors (Lipinski definition) is 6. The molecule has 0 aliphatic carbocycles. The Hall–Kier alpha value is -17.1. The number of fused-ring (bicyclic) bond motifs is 5. The smallest absolute Gasteiger partial charge is 0.0567 e. The minimum Gasteiger partial charge on any atom is -0.345 e. The van der Waals surface area contributed by atoms with Gasteiger partial charge >= 0.3 is 0 Å². The second-order valence-electron chi connectivity index (χ2n) is 33.0. The summed E-state index contributed by atoms with van der Waals surface area (Å²) in [6, 6.07) is 189. The van der Waals surface area contributed by atoms with Crippen molar-refractivity contribution in [3.8, 4) is 55.6 Å². The first kappa shape index (κ1) is 82.2. The van der Waals surface area contributed by atoms with Gasteiger partial charge in [-0.25, -0.2) is 0 Å². The number of hydrogen-bond donors (Lipinski definition) is 0. The van der Waals surface area contributed by atoms with Gasteiger partial charge in [0, 0.05) is 111 Å². The van der Waals surface area contributed by atoms with E-state index in [9.17, 15) is 0 Å². The predicted octanol–water partition coefficient (Wildman–Crippen LogP) is 34.9. The Morgan fingerprint density at radius 3 is 0.649 bits per heavy atom. The van der Waals surface area contributed by atoms with Gasteiger partial charge in [0.05, 0.1) is 22.7 Å². The van der Waals surface area contributed by atoms with E-state index < -0.39 is 0 Å². The van der Waals surface area contributed by atoms with Gasteiger partial charge in [-0.15, -0.1) is 0 Å². The molecule has 0 amide bonds. The molecule has 0 aliphatic heterocycles. The molecule has 0 atom stereocenters. The molecule has 0 fully saturated rings. The van der Waals surface area contributed by atoms with Crippen LogP contribution in [0.2, 0.25) is 0 Å². The van der Waals surface area contributed by atoms with Crippen LogP contribution in [0.5, 0.6) is 0 Å². The van der Waals surface area contributed by atoms with Gasteiger partial charge in [-0.05, 0) is 240 Å². The largest absolute Gasteiger partial charge is 0.345 e. The van der Waals surface area contributed by atoms with E-state index in [1.165, 1.54) is 115 Å².